The molecule has 0 aliphatic carbocycles. The van der Waals surface area contributed by atoms with Gasteiger partial charge in [0.05, 0.1) is 6.61 Å². The van der Waals surface area contributed by atoms with Gasteiger partial charge >= 0.3 is 0 Å². The van der Waals surface area contributed by atoms with Gasteiger partial charge in [-0.3, -0.25) is 0 Å². The summed E-state index contributed by atoms with van der Waals surface area (Å²) < 4.78 is 5.37. The Morgan fingerprint density at radius 3 is 2.47 bits per heavy atom. The summed E-state index contributed by atoms with van der Waals surface area (Å²) >= 11 is 11.9. The molecule has 15 heavy (non-hydrogen) atoms. The summed E-state index contributed by atoms with van der Waals surface area (Å²) in [6, 6.07) is 5.17. The molecule has 0 radical (unpaired) electrons. The maximum absolute atomic E-state index is 9.41. The lowest BCUT2D eigenvalue weighted by Crippen LogP contribution is -2.32. The molecule has 0 aliphatic rings. The highest BCUT2D eigenvalue weighted by atomic mass is 35.5. The van der Waals surface area contributed by atoms with E-state index in [4.69, 9.17) is 27.9 Å². The molecule has 0 saturated heterocycles. The van der Waals surface area contributed by atoms with Gasteiger partial charge in [0.15, 0.2) is 0 Å². The van der Waals surface area contributed by atoms with Crippen LogP contribution < -0.4 is 0 Å². The van der Waals surface area contributed by atoms with Crippen LogP contribution in [0, 0.1) is 0 Å². The molecule has 1 atom stereocenters. The van der Waals surface area contributed by atoms with Crippen molar-refractivity contribution in [3.63, 3.8) is 0 Å². The number of ether oxygens (including phenoxy) is 1. The van der Waals surface area contributed by atoms with Gasteiger partial charge < -0.3 is 9.84 Å². The first-order valence-corrected chi connectivity index (χ1v) is 5.46. The number of benzene rings is 1. The van der Waals surface area contributed by atoms with Gasteiger partial charge in [-0.25, -0.2) is 0 Å². The Morgan fingerprint density at radius 1 is 1.40 bits per heavy atom. The second kappa shape index (κ2) is 5.17. The van der Waals surface area contributed by atoms with Crippen LogP contribution in [-0.2, 0) is 10.3 Å². The summed E-state index contributed by atoms with van der Waals surface area (Å²) in [7, 11) is 1.56. The van der Waals surface area contributed by atoms with Crippen molar-refractivity contribution in [2.24, 2.45) is 0 Å². The van der Waals surface area contributed by atoms with Gasteiger partial charge in [0.1, 0.15) is 5.60 Å². The largest absolute Gasteiger partial charge is 0.393 e. The molecule has 2 nitrogen and oxygen atoms in total. The van der Waals surface area contributed by atoms with Crippen molar-refractivity contribution in [1.82, 2.24) is 0 Å². The molecule has 0 heterocycles. The molecule has 0 saturated carbocycles. The normalized spacial score (nSPS) is 15.0. The Labute approximate surface area is 99.8 Å². The predicted octanol–water partition coefficient (Wildman–Crippen LogP) is 3.24. The fourth-order valence-electron chi connectivity index (χ4n) is 1.57. The third-order valence-electron chi connectivity index (χ3n) is 2.64. The van der Waals surface area contributed by atoms with Crippen LogP contribution in [0.15, 0.2) is 18.2 Å². The molecule has 0 aliphatic heterocycles. The number of aliphatic hydroxyl groups is 1. The zero-order valence-electron chi connectivity index (χ0n) is 8.76. The fourth-order valence-corrected chi connectivity index (χ4v) is 2.15. The minimum absolute atomic E-state index is 0.110. The molecule has 1 rings (SSSR count). The van der Waals surface area contributed by atoms with Crippen LogP contribution >= 0.6 is 23.2 Å². The van der Waals surface area contributed by atoms with Crippen LogP contribution in [0.3, 0.4) is 0 Å². The van der Waals surface area contributed by atoms with Crippen LogP contribution in [0.25, 0.3) is 0 Å². The molecular formula is C11H14Cl2O2. The lowest BCUT2D eigenvalue weighted by molar-refractivity contribution is -0.0598. The van der Waals surface area contributed by atoms with E-state index in [2.05, 4.69) is 0 Å². The molecule has 1 aromatic rings. The number of rotatable bonds is 4. The maximum atomic E-state index is 9.41. The molecule has 1 N–H and O–H groups in total. The van der Waals surface area contributed by atoms with Crippen molar-refractivity contribution in [3.05, 3.63) is 33.8 Å². The van der Waals surface area contributed by atoms with Crippen molar-refractivity contribution in [1.29, 1.82) is 0 Å². The molecule has 0 bridgehead atoms. The van der Waals surface area contributed by atoms with E-state index in [0.717, 1.165) is 5.56 Å². The fraction of sp³-hybridized carbons (Fsp3) is 0.455. The zero-order chi connectivity index (χ0) is 11.5. The van der Waals surface area contributed by atoms with E-state index in [1.54, 1.807) is 25.3 Å². The predicted molar refractivity (Wildman–Crippen MR) is 62.5 cm³/mol. The van der Waals surface area contributed by atoms with Crippen LogP contribution in [0.4, 0.5) is 0 Å². The average Bonchev–Trinajstić information content (AvgIpc) is 2.23. The van der Waals surface area contributed by atoms with Crippen molar-refractivity contribution in [2.45, 2.75) is 18.9 Å². The number of hydrogen-bond acceptors (Lipinski definition) is 2. The summed E-state index contributed by atoms with van der Waals surface area (Å²) in [6.45, 7) is 1.83. The number of halogens is 2. The summed E-state index contributed by atoms with van der Waals surface area (Å²) in [5, 5.41) is 10.5. The minimum Gasteiger partial charge on any atom is -0.393 e. The molecule has 0 amide bonds. The van der Waals surface area contributed by atoms with E-state index < -0.39 is 5.60 Å². The van der Waals surface area contributed by atoms with E-state index in [0.29, 0.717) is 16.5 Å². The topological polar surface area (TPSA) is 29.5 Å². The molecular weight excluding hydrogens is 235 g/mol. The van der Waals surface area contributed by atoms with Gasteiger partial charge in [0.2, 0.25) is 0 Å². The Balaban J connectivity index is 3.22. The van der Waals surface area contributed by atoms with Crippen LogP contribution in [0.1, 0.15) is 18.9 Å². The van der Waals surface area contributed by atoms with E-state index in [9.17, 15) is 5.11 Å². The SMILES string of the molecule is CCC(CO)(OC)c1ccc(Cl)cc1Cl. The second-order valence-corrected chi connectivity index (χ2v) is 4.18. The lowest BCUT2D eigenvalue weighted by atomic mass is 9.91. The Kier molecular flexibility index (Phi) is 4.41. The second-order valence-electron chi connectivity index (χ2n) is 3.33. The van der Waals surface area contributed by atoms with Crippen molar-refractivity contribution >= 4 is 23.2 Å². The van der Waals surface area contributed by atoms with E-state index >= 15 is 0 Å². The Bertz CT molecular complexity index is 327. The highest BCUT2D eigenvalue weighted by Crippen LogP contribution is 2.34. The third kappa shape index (κ3) is 2.45. The van der Waals surface area contributed by atoms with Gasteiger partial charge in [0, 0.05) is 22.7 Å². The van der Waals surface area contributed by atoms with Gasteiger partial charge in [-0.1, -0.05) is 36.2 Å². The van der Waals surface area contributed by atoms with Crippen LogP contribution in [0.5, 0.6) is 0 Å². The maximum Gasteiger partial charge on any atom is 0.117 e. The molecule has 4 heteroatoms. The smallest absolute Gasteiger partial charge is 0.117 e. The van der Waals surface area contributed by atoms with Crippen LogP contribution in [0.2, 0.25) is 10.0 Å². The zero-order valence-corrected chi connectivity index (χ0v) is 10.3. The van der Waals surface area contributed by atoms with Gasteiger partial charge in [-0.15, -0.1) is 0 Å². The van der Waals surface area contributed by atoms with Gasteiger partial charge in [-0.05, 0) is 18.6 Å². The van der Waals surface area contributed by atoms with Crippen LogP contribution in [-0.4, -0.2) is 18.8 Å². The number of hydrogen-bond donors (Lipinski definition) is 1. The monoisotopic (exact) mass is 248 g/mol. The van der Waals surface area contributed by atoms with Crippen molar-refractivity contribution < 1.29 is 9.84 Å². The Hall–Kier alpha value is -0.280. The summed E-state index contributed by atoms with van der Waals surface area (Å²) in [5.74, 6) is 0. The van der Waals surface area contributed by atoms with Gasteiger partial charge in [-0.2, -0.15) is 0 Å². The molecule has 0 fully saturated rings. The van der Waals surface area contributed by atoms with Crippen molar-refractivity contribution in [2.75, 3.05) is 13.7 Å². The van der Waals surface area contributed by atoms with E-state index in [1.807, 2.05) is 6.92 Å². The van der Waals surface area contributed by atoms with Gasteiger partial charge in [0.25, 0.3) is 0 Å². The standard InChI is InChI=1S/C11H14Cl2O2/c1-3-11(7-14,15-2)9-5-4-8(12)6-10(9)13/h4-6,14H,3,7H2,1-2H3. The van der Waals surface area contributed by atoms with E-state index in [-0.39, 0.29) is 6.61 Å². The molecule has 84 valence electrons. The lowest BCUT2D eigenvalue weighted by Gasteiger charge is -2.30. The quantitative estimate of drug-likeness (QED) is 0.887. The molecule has 1 aromatic carbocycles. The number of aliphatic hydroxyl groups excluding tert-OH is 1. The first-order chi connectivity index (χ1) is 7.09. The molecule has 0 aromatic heterocycles. The summed E-state index contributed by atoms with van der Waals surface area (Å²) in [4.78, 5) is 0. The summed E-state index contributed by atoms with van der Waals surface area (Å²) in [6.07, 6.45) is 0.640. The molecule has 1 unspecified atom stereocenters. The van der Waals surface area contributed by atoms with Crippen molar-refractivity contribution in [3.8, 4) is 0 Å². The van der Waals surface area contributed by atoms with E-state index in [1.165, 1.54) is 0 Å². The first-order valence-electron chi connectivity index (χ1n) is 4.71. The highest BCUT2D eigenvalue weighted by molar-refractivity contribution is 6.35. The average molecular weight is 249 g/mol. The summed E-state index contributed by atoms with van der Waals surface area (Å²) in [5.41, 5.74) is 0.0304. The molecule has 0 spiro atoms. The highest BCUT2D eigenvalue weighted by Gasteiger charge is 2.31. The number of methoxy groups -OCH3 is 1. The minimum atomic E-state index is -0.734. The Morgan fingerprint density at radius 2 is 2.07 bits per heavy atom. The third-order valence-corrected chi connectivity index (χ3v) is 3.19. The first kappa shape index (κ1) is 12.8.